The molecule has 1 saturated carbocycles. The fourth-order valence-electron chi connectivity index (χ4n) is 2.69. The maximum Gasteiger partial charge on any atom is 0.240 e. The first-order valence-corrected chi connectivity index (χ1v) is 8.30. The molecule has 1 aromatic carbocycles. The Balaban J connectivity index is 1.68. The smallest absolute Gasteiger partial charge is 0.240 e. The summed E-state index contributed by atoms with van der Waals surface area (Å²) < 4.78 is 10.4. The van der Waals surface area contributed by atoms with E-state index in [1.165, 1.54) is 7.11 Å². The Hall–Kier alpha value is -3.09. The summed E-state index contributed by atoms with van der Waals surface area (Å²) in [7, 11) is 3.06. The number of nitrogens with one attached hydrogen (secondary N) is 2. The molecule has 0 aliphatic heterocycles. The first kappa shape index (κ1) is 17.7. The fraction of sp³-hybridized carbons (Fsp3) is 0.316. The van der Waals surface area contributed by atoms with Crippen LogP contribution in [0.1, 0.15) is 18.4 Å². The summed E-state index contributed by atoms with van der Waals surface area (Å²) in [6.45, 7) is 0.360. The molecule has 1 aromatic heterocycles. The van der Waals surface area contributed by atoms with Crippen LogP contribution in [0.2, 0.25) is 0 Å². The molecule has 0 unspecified atom stereocenters. The van der Waals surface area contributed by atoms with E-state index in [1.54, 1.807) is 37.7 Å². The minimum absolute atomic E-state index is 0.270. The van der Waals surface area contributed by atoms with Crippen LogP contribution in [0.5, 0.6) is 11.5 Å². The average Bonchev–Trinajstić information content (AvgIpc) is 3.49. The molecule has 2 amide bonds. The van der Waals surface area contributed by atoms with Gasteiger partial charge < -0.3 is 20.1 Å². The molecular weight excluding hydrogens is 334 g/mol. The largest absolute Gasteiger partial charge is 0.497 e. The summed E-state index contributed by atoms with van der Waals surface area (Å²) in [6.07, 6.45) is 4.37. The highest BCUT2D eigenvalue weighted by molar-refractivity contribution is 6.13. The molecule has 3 rings (SSSR count). The molecule has 1 fully saturated rings. The van der Waals surface area contributed by atoms with E-state index in [1.807, 2.05) is 12.1 Å². The standard InChI is InChI=1S/C19H21N3O4/c1-25-14-3-4-16(26-2)15(11-14)22-18(24)19(7-8-19)17(23)21-12-13-5-9-20-10-6-13/h3-6,9-11H,7-8,12H2,1-2H3,(H,21,23)(H,22,24). The predicted octanol–water partition coefficient (Wildman–Crippen LogP) is 2.13. The normalized spacial score (nSPS) is 14.2. The number of methoxy groups -OCH3 is 2. The molecule has 0 radical (unpaired) electrons. The van der Waals surface area contributed by atoms with Crippen molar-refractivity contribution < 1.29 is 19.1 Å². The summed E-state index contributed by atoms with van der Waals surface area (Å²) in [5, 5.41) is 5.64. The van der Waals surface area contributed by atoms with Gasteiger partial charge in [-0.25, -0.2) is 0 Å². The molecule has 7 nitrogen and oxygen atoms in total. The number of carbonyl (C=O) groups excluding carboxylic acids is 2. The van der Waals surface area contributed by atoms with Gasteiger partial charge in [-0.1, -0.05) is 0 Å². The minimum Gasteiger partial charge on any atom is -0.497 e. The van der Waals surface area contributed by atoms with Gasteiger partial charge in [0.15, 0.2) is 0 Å². The Morgan fingerprint density at radius 2 is 1.81 bits per heavy atom. The molecular formula is C19H21N3O4. The lowest BCUT2D eigenvalue weighted by molar-refractivity contribution is -0.134. The van der Waals surface area contributed by atoms with Crippen molar-refractivity contribution in [2.75, 3.05) is 19.5 Å². The Morgan fingerprint density at radius 3 is 2.42 bits per heavy atom. The van der Waals surface area contributed by atoms with Gasteiger partial charge in [0, 0.05) is 25.0 Å². The number of anilines is 1. The molecule has 0 atom stereocenters. The topological polar surface area (TPSA) is 89.5 Å². The van der Waals surface area contributed by atoms with E-state index in [-0.39, 0.29) is 11.8 Å². The molecule has 0 bridgehead atoms. The number of ether oxygens (including phenoxy) is 2. The van der Waals surface area contributed by atoms with E-state index in [4.69, 9.17) is 9.47 Å². The van der Waals surface area contributed by atoms with E-state index in [0.717, 1.165) is 5.56 Å². The molecule has 2 aromatic rings. The molecule has 1 aliphatic rings. The van der Waals surface area contributed by atoms with Crippen LogP contribution in [0.15, 0.2) is 42.7 Å². The van der Waals surface area contributed by atoms with Gasteiger partial charge in [-0.2, -0.15) is 0 Å². The van der Waals surface area contributed by atoms with E-state index in [0.29, 0.717) is 36.6 Å². The van der Waals surface area contributed by atoms with Crippen LogP contribution in [0.25, 0.3) is 0 Å². The van der Waals surface area contributed by atoms with E-state index in [9.17, 15) is 9.59 Å². The molecule has 136 valence electrons. The zero-order valence-electron chi connectivity index (χ0n) is 14.7. The Labute approximate surface area is 151 Å². The lowest BCUT2D eigenvalue weighted by Crippen LogP contribution is -2.39. The quantitative estimate of drug-likeness (QED) is 0.743. The van der Waals surface area contributed by atoms with Crippen LogP contribution in [0.4, 0.5) is 5.69 Å². The zero-order chi connectivity index (χ0) is 18.6. The van der Waals surface area contributed by atoms with Crippen molar-refractivity contribution in [2.24, 2.45) is 5.41 Å². The van der Waals surface area contributed by atoms with Gasteiger partial charge in [-0.05, 0) is 42.7 Å². The maximum atomic E-state index is 12.7. The lowest BCUT2D eigenvalue weighted by atomic mass is 10.0. The highest BCUT2D eigenvalue weighted by atomic mass is 16.5. The zero-order valence-corrected chi connectivity index (χ0v) is 14.7. The maximum absolute atomic E-state index is 12.7. The Morgan fingerprint density at radius 1 is 1.08 bits per heavy atom. The monoisotopic (exact) mass is 355 g/mol. The third-order valence-corrected chi connectivity index (χ3v) is 4.48. The number of rotatable bonds is 7. The van der Waals surface area contributed by atoms with Gasteiger partial charge in [-0.3, -0.25) is 14.6 Å². The highest BCUT2D eigenvalue weighted by Crippen LogP contribution is 2.47. The van der Waals surface area contributed by atoms with E-state index >= 15 is 0 Å². The van der Waals surface area contributed by atoms with Crippen LogP contribution in [0, 0.1) is 5.41 Å². The van der Waals surface area contributed by atoms with Crippen molar-refractivity contribution in [3.63, 3.8) is 0 Å². The number of carbonyl (C=O) groups is 2. The Bertz CT molecular complexity index is 804. The Kier molecular flexibility index (Phi) is 5.06. The van der Waals surface area contributed by atoms with Gasteiger partial charge >= 0.3 is 0 Å². The average molecular weight is 355 g/mol. The number of nitrogens with zero attached hydrogens (tertiary/aromatic N) is 1. The molecule has 0 spiro atoms. The first-order valence-electron chi connectivity index (χ1n) is 8.30. The third kappa shape index (κ3) is 3.61. The van der Waals surface area contributed by atoms with Crippen molar-refractivity contribution in [1.29, 1.82) is 0 Å². The molecule has 0 saturated heterocycles. The number of benzene rings is 1. The predicted molar refractivity (Wildman–Crippen MR) is 95.9 cm³/mol. The second-order valence-corrected chi connectivity index (χ2v) is 6.14. The summed E-state index contributed by atoms with van der Waals surface area (Å²) in [5.41, 5.74) is 0.380. The molecule has 7 heteroatoms. The summed E-state index contributed by atoms with van der Waals surface area (Å²) >= 11 is 0. The van der Waals surface area contributed by atoms with Gasteiger partial charge in [0.1, 0.15) is 16.9 Å². The summed E-state index contributed by atoms with van der Waals surface area (Å²) in [5.74, 6) is 0.491. The SMILES string of the molecule is COc1ccc(OC)c(NC(=O)C2(C(=O)NCc3ccncc3)CC2)c1. The van der Waals surface area contributed by atoms with Crippen LogP contribution in [-0.2, 0) is 16.1 Å². The number of amides is 2. The number of hydrogen-bond donors (Lipinski definition) is 2. The van der Waals surface area contributed by atoms with Gasteiger partial charge in [0.05, 0.1) is 19.9 Å². The van der Waals surface area contributed by atoms with Crippen LogP contribution >= 0.6 is 0 Å². The van der Waals surface area contributed by atoms with Crippen molar-refractivity contribution in [3.8, 4) is 11.5 Å². The molecule has 1 heterocycles. The van der Waals surface area contributed by atoms with E-state index in [2.05, 4.69) is 15.6 Å². The lowest BCUT2D eigenvalue weighted by Gasteiger charge is -2.17. The molecule has 1 aliphatic carbocycles. The first-order chi connectivity index (χ1) is 12.6. The number of pyridine rings is 1. The highest BCUT2D eigenvalue weighted by Gasteiger charge is 2.56. The number of aromatic nitrogens is 1. The van der Waals surface area contributed by atoms with Crippen LogP contribution < -0.4 is 20.1 Å². The number of hydrogen-bond acceptors (Lipinski definition) is 5. The van der Waals surface area contributed by atoms with Crippen LogP contribution in [0.3, 0.4) is 0 Å². The van der Waals surface area contributed by atoms with Crippen LogP contribution in [-0.4, -0.2) is 31.0 Å². The van der Waals surface area contributed by atoms with Crippen molar-refractivity contribution in [1.82, 2.24) is 10.3 Å². The fourth-order valence-corrected chi connectivity index (χ4v) is 2.69. The van der Waals surface area contributed by atoms with Gasteiger partial charge in [0.25, 0.3) is 0 Å². The second-order valence-electron chi connectivity index (χ2n) is 6.14. The third-order valence-electron chi connectivity index (χ3n) is 4.48. The summed E-state index contributed by atoms with van der Waals surface area (Å²) in [4.78, 5) is 29.2. The minimum atomic E-state index is -1.03. The van der Waals surface area contributed by atoms with Crippen molar-refractivity contribution in [2.45, 2.75) is 19.4 Å². The second kappa shape index (κ2) is 7.43. The van der Waals surface area contributed by atoms with Crippen molar-refractivity contribution >= 4 is 17.5 Å². The van der Waals surface area contributed by atoms with Crippen molar-refractivity contribution in [3.05, 3.63) is 48.3 Å². The van der Waals surface area contributed by atoms with E-state index < -0.39 is 5.41 Å². The van der Waals surface area contributed by atoms with Gasteiger partial charge in [0.2, 0.25) is 11.8 Å². The van der Waals surface area contributed by atoms with Gasteiger partial charge in [-0.15, -0.1) is 0 Å². The molecule has 2 N–H and O–H groups in total. The summed E-state index contributed by atoms with van der Waals surface area (Å²) in [6, 6.07) is 8.75. The molecule has 26 heavy (non-hydrogen) atoms.